The second-order valence-corrected chi connectivity index (χ2v) is 25.9. The molecule has 0 aromatic rings. The average molecular weight is 1140 g/mol. The van der Waals surface area contributed by atoms with Crippen molar-refractivity contribution in [3.8, 4) is 0 Å². The predicted molar refractivity (Wildman–Crippen MR) is 269 cm³/mol. The Hall–Kier alpha value is -1.26. The minimum Gasteiger partial charge on any atom is -0.394 e. The number of aliphatic hydroxyl groups is 15. The number of ether oxygens (including phenoxy) is 8. The van der Waals surface area contributed by atoms with Crippen LogP contribution in [0.1, 0.15) is 106 Å². The summed E-state index contributed by atoms with van der Waals surface area (Å²) >= 11 is 0. The first-order chi connectivity index (χ1) is 37.0. The second kappa shape index (κ2) is 24.2. The molecule has 4 saturated heterocycles. The molecule has 0 amide bonds. The van der Waals surface area contributed by atoms with E-state index in [1.165, 1.54) is 0 Å². The molecule has 79 heavy (non-hydrogen) atoms. The van der Waals surface area contributed by atoms with Crippen molar-refractivity contribution < 1.29 is 125 Å². The highest BCUT2D eigenvalue weighted by Gasteiger charge is 2.72. The van der Waals surface area contributed by atoms with Gasteiger partial charge in [0.1, 0.15) is 104 Å². The van der Waals surface area contributed by atoms with Gasteiger partial charge < -0.3 is 114 Å². The molecule has 25 nitrogen and oxygen atoms in total. The maximum absolute atomic E-state index is 12.9. The van der Waals surface area contributed by atoms with E-state index < -0.39 is 196 Å². The van der Waals surface area contributed by atoms with Crippen LogP contribution in [-0.4, -0.2) is 255 Å². The Balaban J connectivity index is 1.02. The molecule has 31 atom stereocenters. The highest BCUT2D eigenvalue weighted by Crippen LogP contribution is 2.76. The summed E-state index contributed by atoms with van der Waals surface area (Å²) in [5.74, 6) is -0.841. The van der Waals surface area contributed by atoms with Gasteiger partial charge in [-0.2, -0.15) is 0 Å². The molecule has 4 saturated carbocycles. The van der Waals surface area contributed by atoms with E-state index in [9.17, 15) is 81.9 Å². The van der Waals surface area contributed by atoms with Gasteiger partial charge in [-0.25, -0.2) is 4.89 Å². The summed E-state index contributed by atoms with van der Waals surface area (Å²) in [5.41, 5.74) is -2.61. The van der Waals surface area contributed by atoms with Gasteiger partial charge in [-0.3, -0.25) is 5.26 Å². The molecule has 8 rings (SSSR count). The molecular weight excluding hydrogens is 1050 g/mol. The topological polar surface area (TPSA) is 407 Å². The van der Waals surface area contributed by atoms with Gasteiger partial charge in [0, 0.05) is 0 Å². The minimum atomic E-state index is -1.83. The lowest BCUT2D eigenvalue weighted by atomic mass is 9.35. The Kier molecular flexibility index (Phi) is 19.6. The van der Waals surface area contributed by atoms with Crippen molar-refractivity contribution in [3.63, 3.8) is 0 Å². The first-order valence-corrected chi connectivity index (χ1v) is 28.2. The molecule has 0 aromatic heterocycles. The third-order valence-electron chi connectivity index (χ3n) is 21.3. The van der Waals surface area contributed by atoms with Crippen LogP contribution in [-0.2, 0) is 42.8 Å². The first-order valence-electron chi connectivity index (χ1n) is 28.2. The fourth-order valence-corrected chi connectivity index (χ4v) is 16.4. The standard InChI is InChI=1S/C54H92O25/c1-22(2)25(79-70)10-16-54(8,78-48-44(69)40(65)37(62)29(75-48)21-71-46-42(67)38(63)34(59)26(18-55)72-46)23-9-14-53(7)33(23)24(58)17-31-51(5)13-12-32(50(3,4)30(51)11-15-52(31,53)6)76-49-45(41(66)36(61)28(20-57)74-49)77-47-43(68)39(64)35(60)27(19-56)73-47/h23-49,55-70H,1,9-21H2,2-8H3/t23-,24+,25-,26+,27+,28+,29+,30+,31+,32-,33-,34+,35+,36+,37+,38-,39-,40-,41-,42+,43+,44+,45+,46-,47+,48+,49+,51-,52+,53+,54-/m0/s1. The monoisotopic (exact) mass is 1140 g/mol. The summed E-state index contributed by atoms with van der Waals surface area (Å²) in [4.78, 5) is 4.85. The zero-order valence-corrected chi connectivity index (χ0v) is 46.3. The molecule has 0 aromatic carbocycles. The smallest absolute Gasteiger partial charge is 0.187 e. The molecule has 4 heterocycles. The van der Waals surface area contributed by atoms with E-state index in [0.717, 1.165) is 12.8 Å². The molecule has 8 aliphatic rings. The lowest BCUT2D eigenvalue weighted by molar-refractivity contribution is -0.378. The Labute approximate surface area is 460 Å². The van der Waals surface area contributed by atoms with Crippen LogP contribution in [0.25, 0.3) is 0 Å². The Morgan fingerprint density at radius 2 is 1.09 bits per heavy atom. The summed E-state index contributed by atoms with van der Waals surface area (Å²) in [6, 6.07) is 0. The molecule has 4 aliphatic heterocycles. The van der Waals surface area contributed by atoms with E-state index in [2.05, 4.69) is 41.2 Å². The van der Waals surface area contributed by atoms with Gasteiger partial charge in [0.05, 0.1) is 44.2 Å². The highest BCUT2D eigenvalue weighted by atomic mass is 17.1. The van der Waals surface area contributed by atoms with E-state index in [0.29, 0.717) is 37.7 Å². The summed E-state index contributed by atoms with van der Waals surface area (Å²) in [7, 11) is 0. The number of fused-ring (bicyclic) bond motifs is 5. The lowest BCUT2D eigenvalue weighted by Crippen LogP contribution is -2.68. The average Bonchev–Trinajstić information content (AvgIpc) is 2.76. The summed E-state index contributed by atoms with van der Waals surface area (Å²) in [6.07, 6.45) is -30.1. The predicted octanol–water partition coefficient (Wildman–Crippen LogP) is -2.73. The maximum atomic E-state index is 12.9. The van der Waals surface area contributed by atoms with Crippen LogP contribution in [0.5, 0.6) is 0 Å². The molecule has 4 aliphatic carbocycles. The van der Waals surface area contributed by atoms with Crippen molar-refractivity contribution in [2.45, 2.75) is 253 Å². The quantitative estimate of drug-likeness (QED) is 0.0287. The summed E-state index contributed by atoms with van der Waals surface area (Å²) in [6.45, 7) is 15.8. The van der Waals surface area contributed by atoms with Crippen molar-refractivity contribution in [2.75, 3.05) is 26.4 Å². The molecule has 8 fully saturated rings. The Morgan fingerprint density at radius 1 is 0.582 bits per heavy atom. The van der Waals surface area contributed by atoms with Crippen LogP contribution >= 0.6 is 0 Å². The number of hydrogen-bond acceptors (Lipinski definition) is 25. The second-order valence-electron chi connectivity index (χ2n) is 25.9. The zero-order chi connectivity index (χ0) is 58.2. The molecule has 16 N–H and O–H groups in total. The van der Waals surface area contributed by atoms with E-state index in [1.54, 1.807) is 6.92 Å². The Morgan fingerprint density at radius 3 is 1.66 bits per heavy atom. The lowest BCUT2D eigenvalue weighted by Gasteiger charge is -2.71. The van der Waals surface area contributed by atoms with Gasteiger partial charge in [-0.15, -0.1) is 0 Å². The van der Waals surface area contributed by atoms with E-state index >= 15 is 0 Å². The molecule has 25 heteroatoms. The van der Waals surface area contributed by atoms with Gasteiger partial charge in [0.2, 0.25) is 0 Å². The van der Waals surface area contributed by atoms with Crippen molar-refractivity contribution >= 4 is 0 Å². The fraction of sp³-hybridized carbons (Fsp3) is 0.963. The van der Waals surface area contributed by atoms with Crippen LogP contribution in [0.2, 0.25) is 0 Å². The van der Waals surface area contributed by atoms with Crippen molar-refractivity contribution in [1.29, 1.82) is 0 Å². The van der Waals surface area contributed by atoms with Crippen LogP contribution in [0, 0.1) is 45.3 Å². The van der Waals surface area contributed by atoms with Gasteiger partial charge in [0.25, 0.3) is 0 Å². The van der Waals surface area contributed by atoms with Crippen LogP contribution < -0.4 is 0 Å². The van der Waals surface area contributed by atoms with E-state index in [1.807, 2.05) is 6.92 Å². The van der Waals surface area contributed by atoms with Crippen LogP contribution in [0.4, 0.5) is 0 Å². The van der Waals surface area contributed by atoms with Crippen LogP contribution in [0.15, 0.2) is 12.2 Å². The third-order valence-corrected chi connectivity index (χ3v) is 21.3. The molecule has 0 radical (unpaired) electrons. The summed E-state index contributed by atoms with van der Waals surface area (Å²) in [5, 5.41) is 172. The molecule has 0 bridgehead atoms. The van der Waals surface area contributed by atoms with Gasteiger partial charge in [0.15, 0.2) is 25.2 Å². The first kappa shape index (κ1) is 63.8. The van der Waals surface area contributed by atoms with Crippen LogP contribution in [0.3, 0.4) is 0 Å². The third kappa shape index (κ3) is 11.2. The zero-order valence-electron chi connectivity index (χ0n) is 46.3. The van der Waals surface area contributed by atoms with Gasteiger partial charge in [-0.1, -0.05) is 41.2 Å². The van der Waals surface area contributed by atoms with Crippen molar-refractivity contribution in [1.82, 2.24) is 0 Å². The van der Waals surface area contributed by atoms with Gasteiger partial charge >= 0.3 is 0 Å². The molecule has 0 unspecified atom stereocenters. The SMILES string of the molecule is C=C(C)[C@H](CC[C@](C)(O[C@H]1O[C@H](CO[C@H]2O[C@H](CO)[C@@H](O)[C@H](O)[C@H]2O)[C@@H](O)[C@H](O)[C@H]1O)[C@H]1CC[C@]2(C)[C@@H]1[C@H](O)C[C@@H]1[C@@]3(C)CC[C@H](O[C@H]4O[C@H](CO)[C@@H](O)[C@H](O)[C@H]4O[C@H]4O[C@H](CO)[C@@H](O)[C@H](O)[C@H]4O)C(C)(C)[C@H]3CC[C@]12C)OO. The van der Waals surface area contributed by atoms with Gasteiger partial charge in [-0.05, 0) is 123 Å². The number of rotatable bonds is 18. The van der Waals surface area contributed by atoms with E-state index in [-0.39, 0.29) is 35.5 Å². The highest BCUT2D eigenvalue weighted by molar-refractivity contribution is 5.21. The molecule has 0 spiro atoms. The fourth-order valence-electron chi connectivity index (χ4n) is 16.4. The largest absolute Gasteiger partial charge is 0.394 e. The molecule has 458 valence electrons. The normalized spacial score (nSPS) is 52.1. The summed E-state index contributed by atoms with van der Waals surface area (Å²) < 4.78 is 48.8. The maximum Gasteiger partial charge on any atom is 0.187 e. The minimum absolute atomic E-state index is 0.00515. The van der Waals surface area contributed by atoms with E-state index in [4.69, 9.17) is 42.8 Å². The Bertz CT molecular complexity index is 2040. The molecular formula is C54H92O25. The number of aliphatic hydroxyl groups excluding tert-OH is 15. The number of hydrogen-bond donors (Lipinski definition) is 16. The van der Waals surface area contributed by atoms with Crippen molar-refractivity contribution in [3.05, 3.63) is 12.2 Å². The van der Waals surface area contributed by atoms with Crippen molar-refractivity contribution in [2.24, 2.45) is 45.3 Å².